The van der Waals surface area contributed by atoms with Crippen LogP contribution in [-0.2, 0) is 0 Å². The summed E-state index contributed by atoms with van der Waals surface area (Å²) in [5, 5.41) is 0. The summed E-state index contributed by atoms with van der Waals surface area (Å²) in [6.07, 6.45) is 0. The molecule has 0 aromatic heterocycles. The highest BCUT2D eigenvalue weighted by Gasteiger charge is 2.31. The number of halogens is 1. The van der Waals surface area contributed by atoms with Gasteiger partial charge < -0.3 is 0 Å². The van der Waals surface area contributed by atoms with E-state index in [9.17, 15) is 0 Å². The maximum Gasteiger partial charge on any atom is 0.0358 e. The number of hydrogen-bond acceptors (Lipinski definition) is 0. The van der Waals surface area contributed by atoms with E-state index in [2.05, 4.69) is 113 Å². The Hall–Kier alpha value is -2.64. The molecule has 0 heterocycles. The van der Waals surface area contributed by atoms with Crippen molar-refractivity contribution in [3.05, 3.63) is 118 Å². The second-order valence-corrected chi connectivity index (χ2v) is 7.62. The maximum absolute atomic E-state index is 3.63. The van der Waals surface area contributed by atoms with Crippen LogP contribution in [0.2, 0.25) is 0 Å². The number of hydrogen-bond donors (Lipinski definition) is 0. The fraction of sp³-hybridized carbons (Fsp3) is 0.0400. The van der Waals surface area contributed by atoms with E-state index < -0.39 is 0 Å². The number of fused-ring (bicyclic) bond motifs is 3. The molecular weight excluding hydrogens is 380 g/mol. The van der Waals surface area contributed by atoms with Crippen molar-refractivity contribution in [2.45, 2.75) is 5.92 Å². The van der Waals surface area contributed by atoms with E-state index in [4.69, 9.17) is 0 Å². The standard InChI is InChI=1S/C25H17Br/c26-19-11-6-10-18(16-19)20-14-7-15-23-21-12-4-5-13-22(21)24(25(20)23)17-8-2-1-3-9-17/h1-16,24H. The van der Waals surface area contributed by atoms with Gasteiger partial charge in [-0.15, -0.1) is 0 Å². The first-order valence-electron chi connectivity index (χ1n) is 8.86. The summed E-state index contributed by atoms with van der Waals surface area (Å²) < 4.78 is 1.11. The van der Waals surface area contributed by atoms with Crippen molar-refractivity contribution in [2.75, 3.05) is 0 Å². The van der Waals surface area contributed by atoms with Gasteiger partial charge in [0.15, 0.2) is 0 Å². The van der Waals surface area contributed by atoms with Crippen molar-refractivity contribution < 1.29 is 0 Å². The zero-order chi connectivity index (χ0) is 17.5. The Labute approximate surface area is 162 Å². The van der Waals surface area contributed by atoms with E-state index in [0.29, 0.717) is 0 Å². The van der Waals surface area contributed by atoms with Crippen LogP contribution in [0.15, 0.2) is 102 Å². The molecule has 0 amide bonds. The van der Waals surface area contributed by atoms with Crippen molar-refractivity contribution in [1.82, 2.24) is 0 Å². The highest BCUT2D eigenvalue weighted by Crippen LogP contribution is 2.51. The smallest absolute Gasteiger partial charge is 0.0358 e. The van der Waals surface area contributed by atoms with Gasteiger partial charge >= 0.3 is 0 Å². The van der Waals surface area contributed by atoms with Gasteiger partial charge in [-0.1, -0.05) is 101 Å². The van der Waals surface area contributed by atoms with E-state index in [1.54, 1.807) is 0 Å². The topological polar surface area (TPSA) is 0 Å². The molecule has 0 fully saturated rings. The molecule has 26 heavy (non-hydrogen) atoms. The van der Waals surface area contributed by atoms with Gasteiger partial charge in [0.25, 0.3) is 0 Å². The zero-order valence-corrected chi connectivity index (χ0v) is 15.8. The van der Waals surface area contributed by atoms with Gasteiger partial charge in [0.05, 0.1) is 0 Å². The van der Waals surface area contributed by atoms with Crippen LogP contribution in [0, 0.1) is 0 Å². The molecule has 1 unspecified atom stereocenters. The first-order valence-corrected chi connectivity index (χ1v) is 9.65. The van der Waals surface area contributed by atoms with E-state index in [0.717, 1.165) is 4.47 Å². The highest BCUT2D eigenvalue weighted by atomic mass is 79.9. The third-order valence-corrected chi connectivity index (χ3v) is 5.72. The molecule has 1 atom stereocenters. The number of rotatable bonds is 2. The third kappa shape index (κ3) is 2.43. The van der Waals surface area contributed by atoms with Crippen molar-refractivity contribution in [3.8, 4) is 22.3 Å². The predicted molar refractivity (Wildman–Crippen MR) is 112 cm³/mol. The summed E-state index contributed by atoms with van der Waals surface area (Å²) in [4.78, 5) is 0. The van der Waals surface area contributed by atoms with Gasteiger partial charge in [-0.25, -0.2) is 0 Å². The van der Waals surface area contributed by atoms with E-state index in [-0.39, 0.29) is 5.92 Å². The Morgan fingerprint density at radius 1 is 0.577 bits per heavy atom. The summed E-state index contributed by atoms with van der Waals surface area (Å²) in [6, 6.07) is 35.0. The number of benzene rings is 4. The Bertz CT molecular complexity index is 1100. The van der Waals surface area contributed by atoms with Crippen LogP contribution in [0.5, 0.6) is 0 Å². The Morgan fingerprint density at radius 2 is 1.27 bits per heavy atom. The Balaban J connectivity index is 1.82. The molecule has 1 aliphatic carbocycles. The summed E-state index contributed by atoms with van der Waals surface area (Å²) in [6.45, 7) is 0. The molecule has 1 aliphatic rings. The van der Waals surface area contributed by atoms with E-state index in [1.165, 1.54) is 38.9 Å². The third-order valence-electron chi connectivity index (χ3n) is 5.23. The first-order chi connectivity index (χ1) is 12.8. The van der Waals surface area contributed by atoms with Crippen LogP contribution in [0.3, 0.4) is 0 Å². The predicted octanol–water partition coefficient (Wildman–Crippen LogP) is 7.28. The molecule has 0 saturated heterocycles. The van der Waals surface area contributed by atoms with Crippen LogP contribution >= 0.6 is 15.9 Å². The summed E-state index contributed by atoms with van der Waals surface area (Å²) in [5.74, 6) is 0.276. The van der Waals surface area contributed by atoms with Crippen LogP contribution in [0.25, 0.3) is 22.3 Å². The van der Waals surface area contributed by atoms with E-state index >= 15 is 0 Å². The van der Waals surface area contributed by atoms with Crippen LogP contribution in [-0.4, -0.2) is 0 Å². The molecule has 4 aromatic rings. The molecule has 0 N–H and O–H groups in total. The van der Waals surface area contributed by atoms with Crippen LogP contribution in [0.1, 0.15) is 22.6 Å². The average Bonchev–Trinajstić information content (AvgIpc) is 3.03. The average molecular weight is 397 g/mol. The molecule has 0 spiro atoms. The fourth-order valence-corrected chi connectivity index (χ4v) is 4.56. The first kappa shape index (κ1) is 15.6. The van der Waals surface area contributed by atoms with Gasteiger partial charge in [-0.2, -0.15) is 0 Å². The lowest BCUT2D eigenvalue weighted by Crippen LogP contribution is -2.01. The summed E-state index contributed by atoms with van der Waals surface area (Å²) in [5.41, 5.74) is 9.44. The van der Waals surface area contributed by atoms with Gasteiger partial charge in [0.2, 0.25) is 0 Å². The van der Waals surface area contributed by atoms with Crippen molar-refractivity contribution in [3.63, 3.8) is 0 Å². The minimum absolute atomic E-state index is 0.276. The molecule has 0 radical (unpaired) electrons. The SMILES string of the molecule is Brc1cccc(-c2cccc3c2C(c2ccccc2)c2ccccc2-3)c1. The lowest BCUT2D eigenvalue weighted by molar-refractivity contribution is 1.02. The zero-order valence-electron chi connectivity index (χ0n) is 14.2. The second-order valence-electron chi connectivity index (χ2n) is 6.71. The van der Waals surface area contributed by atoms with Crippen LogP contribution in [0.4, 0.5) is 0 Å². The van der Waals surface area contributed by atoms with Crippen molar-refractivity contribution >= 4 is 15.9 Å². The van der Waals surface area contributed by atoms with Crippen molar-refractivity contribution in [2.24, 2.45) is 0 Å². The van der Waals surface area contributed by atoms with E-state index in [1.807, 2.05) is 0 Å². The monoisotopic (exact) mass is 396 g/mol. The molecule has 4 aromatic carbocycles. The minimum Gasteiger partial charge on any atom is -0.0622 e. The van der Waals surface area contributed by atoms with Gasteiger partial charge in [0, 0.05) is 10.4 Å². The molecule has 124 valence electrons. The van der Waals surface area contributed by atoms with Gasteiger partial charge in [-0.05, 0) is 51.1 Å². The van der Waals surface area contributed by atoms with Gasteiger partial charge in [0.1, 0.15) is 0 Å². The normalized spacial score (nSPS) is 14.7. The molecular formula is C25H17Br. The molecule has 0 bridgehead atoms. The summed E-state index contributed by atoms with van der Waals surface area (Å²) in [7, 11) is 0. The molecule has 1 heteroatoms. The Morgan fingerprint density at radius 3 is 2.12 bits per heavy atom. The minimum atomic E-state index is 0.276. The van der Waals surface area contributed by atoms with Crippen molar-refractivity contribution in [1.29, 1.82) is 0 Å². The summed E-state index contributed by atoms with van der Waals surface area (Å²) >= 11 is 3.63. The quantitative estimate of drug-likeness (QED) is 0.294. The fourth-order valence-electron chi connectivity index (χ4n) is 4.16. The largest absolute Gasteiger partial charge is 0.0622 e. The highest BCUT2D eigenvalue weighted by molar-refractivity contribution is 9.10. The molecule has 0 nitrogen and oxygen atoms in total. The molecule has 0 aliphatic heterocycles. The second kappa shape index (κ2) is 6.26. The van der Waals surface area contributed by atoms with Gasteiger partial charge in [-0.3, -0.25) is 0 Å². The molecule has 5 rings (SSSR count). The lowest BCUT2D eigenvalue weighted by Gasteiger charge is -2.18. The Kier molecular flexibility index (Phi) is 3.76. The van der Waals surface area contributed by atoms with Crippen LogP contribution < -0.4 is 0 Å². The molecule has 0 saturated carbocycles. The lowest BCUT2D eigenvalue weighted by atomic mass is 9.85. The maximum atomic E-state index is 3.63.